The van der Waals surface area contributed by atoms with Crippen LogP contribution in [0.4, 0.5) is 46.8 Å². The van der Waals surface area contributed by atoms with Gasteiger partial charge >= 0.3 is 12.4 Å². The van der Waals surface area contributed by atoms with Crippen LogP contribution in [0.15, 0.2) is 24.3 Å². The van der Waals surface area contributed by atoms with E-state index >= 15 is 0 Å². The Morgan fingerprint density at radius 3 is 2.30 bits per heavy atom. The number of imidazole rings is 1. The number of nitrogens with zero attached hydrogens (tertiary/aromatic N) is 3. The Morgan fingerprint density at radius 1 is 1.00 bits per heavy atom. The minimum Gasteiger partial charge on any atom is -0.471 e. The number of fused-ring (bicyclic) bond motifs is 1. The van der Waals surface area contributed by atoms with Crippen molar-refractivity contribution in [3.8, 4) is 5.88 Å². The average Bonchev–Trinajstić information content (AvgIpc) is 3.79. The van der Waals surface area contributed by atoms with Crippen LogP contribution in [0.5, 0.6) is 5.88 Å². The van der Waals surface area contributed by atoms with Gasteiger partial charge in [0.1, 0.15) is 11.1 Å². The molecule has 2 saturated carbocycles. The molecule has 0 atom stereocenters. The molecule has 0 saturated heterocycles. The molecule has 0 radical (unpaired) electrons. The molecule has 3 aromatic rings. The van der Waals surface area contributed by atoms with Crippen LogP contribution < -0.4 is 20.7 Å². The van der Waals surface area contributed by atoms with Crippen molar-refractivity contribution in [2.75, 3.05) is 11.9 Å². The second kappa shape index (κ2) is 12.9. The number of benzene rings is 1. The summed E-state index contributed by atoms with van der Waals surface area (Å²) in [4.78, 5) is 33.6. The van der Waals surface area contributed by atoms with Crippen LogP contribution in [0.1, 0.15) is 60.0 Å². The zero-order valence-electron chi connectivity index (χ0n) is 24.4. The van der Waals surface area contributed by atoms with E-state index in [0.29, 0.717) is 5.56 Å². The maximum absolute atomic E-state index is 13.9. The van der Waals surface area contributed by atoms with Gasteiger partial charge in [0.15, 0.2) is 12.3 Å². The fourth-order valence-electron chi connectivity index (χ4n) is 5.30. The Labute approximate surface area is 257 Å². The smallest absolute Gasteiger partial charge is 0.418 e. The van der Waals surface area contributed by atoms with Crippen LogP contribution in [0.2, 0.25) is 0 Å². The molecule has 0 unspecified atom stereocenters. The van der Waals surface area contributed by atoms with Crippen LogP contribution in [-0.2, 0) is 24.6 Å². The number of aryl methyl sites for hydroxylation is 1. The normalized spacial score (nSPS) is 18.9. The molecule has 2 aliphatic carbocycles. The maximum Gasteiger partial charge on any atom is 0.418 e. The number of ether oxygens (including phenoxy) is 1. The van der Waals surface area contributed by atoms with Gasteiger partial charge in [0.05, 0.1) is 17.2 Å². The van der Waals surface area contributed by atoms with Crippen LogP contribution in [0, 0.1) is 11.8 Å². The summed E-state index contributed by atoms with van der Waals surface area (Å²) >= 11 is 0. The van der Waals surface area contributed by atoms with Crippen molar-refractivity contribution in [2.24, 2.45) is 18.9 Å². The number of amides is 2. The Kier molecular flexibility index (Phi) is 9.31. The third-order valence-electron chi connectivity index (χ3n) is 7.98. The number of aromatic nitrogens is 3. The van der Waals surface area contributed by atoms with E-state index in [1.807, 2.05) is 0 Å². The van der Waals surface area contributed by atoms with Crippen molar-refractivity contribution >= 4 is 34.6 Å². The molecule has 2 aliphatic rings. The first-order chi connectivity index (χ1) is 21.6. The standard InChI is InChI=1S/C29H30F8N6O3/c1-43-23-21(41-27(43)40-20-10-14(2-9-19(20)29(35,36)37)12-38-24(44)15-3-4-15)11-18(26(42-23)46-13-22(30)31)25(45)39-17-7-5-16(6-8-17)28(32,33)34/h2,9-11,15-17,22H,3-8,12-13H2,1H3,(H,38,44)(H,39,45)(H,40,41). The van der Waals surface area contributed by atoms with E-state index < -0.39 is 54.7 Å². The molecular weight excluding hydrogens is 632 g/mol. The quantitative estimate of drug-likeness (QED) is 0.222. The summed E-state index contributed by atoms with van der Waals surface area (Å²) in [6, 6.07) is 3.87. The molecule has 2 fully saturated rings. The van der Waals surface area contributed by atoms with Gasteiger partial charge < -0.3 is 20.7 Å². The number of alkyl halides is 8. The molecule has 0 aliphatic heterocycles. The van der Waals surface area contributed by atoms with Gasteiger partial charge in [-0.1, -0.05) is 6.07 Å². The fraction of sp³-hybridized carbons (Fsp3) is 0.517. The fourth-order valence-corrected chi connectivity index (χ4v) is 5.30. The lowest BCUT2D eigenvalue weighted by Gasteiger charge is -2.30. The van der Waals surface area contributed by atoms with Gasteiger partial charge in [0.25, 0.3) is 12.3 Å². The minimum absolute atomic E-state index is 0.00161. The van der Waals surface area contributed by atoms with Crippen molar-refractivity contribution in [3.63, 3.8) is 0 Å². The predicted molar refractivity (Wildman–Crippen MR) is 149 cm³/mol. The Bertz CT molecular complexity index is 1590. The highest BCUT2D eigenvalue weighted by Gasteiger charge is 2.42. The van der Waals surface area contributed by atoms with Gasteiger partial charge in [0, 0.05) is 25.6 Å². The largest absolute Gasteiger partial charge is 0.471 e. The summed E-state index contributed by atoms with van der Waals surface area (Å²) in [5.74, 6) is -3.25. The molecule has 9 nitrogen and oxygen atoms in total. The highest BCUT2D eigenvalue weighted by Crippen LogP contribution is 2.39. The molecule has 2 aromatic heterocycles. The van der Waals surface area contributed by atoms with Crippen LogP contribution in [0.25, 0.3) is 11.2 Å². The van der Waals surface area contributed by atoms with E-state index in [1.165, 1.54) is 29.8 Å². The summed E-state index contributed by atoms with van der Waals surface area (Å²) in [7, 11) is 1.40. The highest BCUT2D eigenvalue weighted by molar-refractivity contribution is 5.99. The predicted octanol–water partition coefficient (Wildman–Crippen LogP) is 6.25. The third-order valence-corrected chi connectivity index (χ3v) is 7.98. The topological polar surface area (TPSA) is 110 Å². The van der Waals surface area contributed by atoms with Crippen molar-refractivity contribution in [1.29, 1.82) is 0 Å². The Hall–Kier alpha value is -4.18. The van der Waals surface area contributed by atoms with Crippen molar-refractivity contribution < 1.29 is 49.4 Å². The number of rotatable bonds is 10. The van der Waals surface area contributed by atoms with E-state index in [0.717, 1.165) is 18.9 Å². The number of carbonyl (C=O) groups excluding carboxylic acids is 2. The molecule has 2 heterocycles. The van der Waals surface area contributed by atoms with Crippen molar-refractivity contribution in [3.05, 3.63) is 41.0 Å². The lowest BCUT2D eigenvalue weighted by molar-refractivity contribution is -0.182. The zero-order valence-corrected chi connectivity index (χ0v) is 24.4. The summed E-state index contributed by atoms with van der Waals surface area (Å²) in [6.45, 7) is -1.13. The van der Waals surface area contributed by atoms with E-state index in [1.54, 1.807) is 0 Å². The lowest BCUT2D eigenvalue weighted by Crippen LogP contribution is -2.40. The monoisotopic (exact) mass is 662 g/mol. The van der Waals surface area contributed by atoms with E-state index in [2.05, 4.69) is 25.9 Å². The summed E-state index contributed by atoms with van der Waals surface area (Å²) in [5, 5.41) is 7.92. The summed E-state index contributed by atoms with van der Waals surface area (Å²) in [5.41, 5.74) is -1.36. The maximum atomic E-state index is 13.9. The molecule has 17 heteroatoms. The first kappa shape index (κ1) is 33.2. The minimum atomic E-state index is -4.76. The van der Waals surface area contributed by atoms with Gasteiger partial charge in [-0.3, -0.25) is 14.2 Å². The van der Waals surface area contributed by atoms with Gasteiger partial charge in [-0.05, 0) is 62.3 Å². The molecule has 46 heavy (non-hydrogen) atoms. The number of halogens is 8. The van der Waals surface area contributed by atoms with Gasteiger partial charge in [0.2, 0.25) is 17.7 Å². The number of anilines is 2. The number of hydrogen-bond donors (Lipinski definition) is 3. The van der Waals surface area contributed by atoms with E-state index in [4.69, 9.17) is 4.74 Å². The second-order valence-electron chi connectivity index (χ2n) is 11.4. The van der Waals surface area contributed by atoms with Gasteiger partial charge in [-0.2, -0.15) is 31.3 Å². The number of nitrogens with one attached hydrogen (secondary N) is 3. The van der Waals surface area contributed by atoms with Crippen LogP contribution in [0.3, 0.4) is 0 Å². The Morgan fingerprint density at radius 2 is 1.70 bits per heavy atom. The molecule has 0 spiro atoms. The van der Waals surface area contributed by atoms with E-state index in [9.17, 15) is 44.7 Å². The second-order valence-corrected chi connectivity index (χ2v) is 11.4. The zero-order chi connectivity index (χ0) is 33.4. The number of carbonyl (C=O) groups is 2. The molecular formula is C29H30F8N6O3. The summed E-state index contributed by atoms with van der Waals surface area (Å²) in [6.07, 6.45) is -10.8. The first-order valence-electron chi connectivity index (χ1n) is 14.5. The van der Waals surface area contributed by atoms with Gasteiger partial charge in [-0.25, -0.2) is 13.8 Å². The average molecular weight is 663 g/mol. The van der Waals surface area contributed by atoms with Gasteiger partial charge in [-0.15, -0.1) is 0 Å². The molecule has 3 N–H and O–H groups in total. The van der Waals surface area contributed by atoms with Crippen LogP contribution >= 0.6 is 0 Å². The lowest BCUT2D eigenvalue weighted by atomic mass is 9.85. The molecule has 250 valence electrons. The van der Waals surface area contributed by atoms with Crippen molar-refractivity contribution in [2.45, 2.75) is 69.9 Å². The van der Waals surface area contributed by atoms with Crippen LogP contribution in [-0.4, -0.2) is 51.6 Å². The third kappa shape index (κ3) is 7.78. The Balaban J connectivity index is 1.42. The van der Waals surface area contributed by atoms with Crippen molar-refractivity contribution in [1.82, 2.24) is 25.2 Å². The highest BCUT2D eigenvalue weighted by atomic mass is 19.4. The molecule has 2 amide bonds. The number of hydrogen-bond acceptors (Lipinski definition) is 6. The van der Waals surface area contributed by atoms with E-state index in [-0.39, 0.29) is 72.4 Å². The SMILES string of the molecule is Cn1c(Nc2cc(CNC(=O)C3CC3)ccc2C(F)(F)F)nc2cc(C(=O)NC3CCC(C(F)(F)F)CC3)c(OCC(F)F)nc21. The molecule has 0 bridgehead atoms. The molecule has 5 rings (SSSR count). The summed E-state index contributed by atoms with van der Waals surface area (Å²) < 4.78 is 113. The number of pyridine rings is 1. The first-order valence-corrected chi connectivity index (χ1v) is 14.5. The molecule has 1 aromatic carbocycles.